The molecule has 0 radical (unpaired) electrons. The van der Waals surface area contributed by atoms with E-state index in [1.54, 1.807) is 7.11 Å². The van der Waals surface area contributed by atoms with Crippen molar-refractivity contribution in [3.05, 3.63) is 40.8 Å². The molecule has 0 aliphatic carbocycles. The van der Waals surface area contributed by atoms with Crippen LogP contribution in [0.25, 0.3) is 11.3 Å². The summed E-state index contributed by atoms with van der Waals surface area (Å²) in [6.45, 7) is 2.67. The molecule has 1 fully saturated rings. The number of nitriles is 1. The monoisotopic (exact) mass is 483 g/mol. The van der Waals surface area contributed by atoms with E-state index < -0.39 is 0 Å². The minimum Gasteiger partial charge on any atom is -0.496 e. The number of H-pyrrole nitrogens is 1. The summed E-state index contributed by atoms with van der Waals surface area (Å²) in [5.41, 5.74) is 1.75. The van der Waals surface area contributed by atoms with Crippen molar-refractivity contribution in [3.8, 4) is 28.8 Å². The number of rotatable bonds is 7. The Bertz CT molecular complexity index is 1070. The number of aromatic nitrogens is 4. The zero-order valence-corrected chi connectivity index (χ0v) is 18.6. The van der Waals surface area contributed by atoms with Gasteiger partial charge in [0, 0.05) is 12.5 Å². The molecule has 2 aromatic heterocycles. The Morgan fingerprint density at radius 1 is 1.29 bits per heavy atom. The molecule has 0 spiro atoms. The van der Waals surface area contributed by atoms with Gasteiger partial charge in [-0.3, -0.25) is 5.10 Å². The number of piperidine rings is 1. The van der Waals surface area contributed by atoms with Crippen molar-refractivity contribution >= 4 is 27.6 Å². The highest BCUT2D eigenvalue weighted by Gasteiger charge is 2.22. The van der Waals surface area contributed by atoms with Crippen LogP contribution in [0.15, 0.2) is 35.1 Å². The molecule has 1 aliphatic heterocycles. The van der Waals surface area contributed by atoms with Crippen LogP contribution >= 0.6 is 15.9 Å². The molecule has 4 rings (SSSR count). The number of hydrogen-bond donors (Lipinski definition) is 3. The summed E-state index contributed by atoms with van der Waals surface area (Å²) in [7, 11) is 1.63. The largest absolute Gasteiger partial charge is 0.496 e. The number of nitrogens with one attached hydrogen (secondary N) is 3. The molecule has 1 saturated heterocycles. The van der Waals surface area contributed by atoms with Crippen LogP contribution in [0.3, 0.4) is 0 Å². The molecule has 3 aromatic rings. The third-order valence-corrected chi connectivity index (χ3v) is 5.82. The van der Waals surface area contributed by atoms with Crippen LogP contribution in [0.2, 0.25) is 0 Å². The fourth-order valence-corrected chi connectivity index (χ4v) is 3.94. The molecule has 3 N–H and O–H groups in total. The van der Waals surface area contributed by atoms with Gasteiger partial charge in [-0.15, -0.1) is 0 Å². The third-order valence-electron chi connectivity index (χ3n) is 5.05. The van der Waals surface area contributed by atoms with Crippen LogP contribution in [-0.4, -0.2) is 47.0 Å². The predicted molar refractivity (Wildman–Crippen MR) is 119 cm³/mol. The molecule has 1 atom stereocenters. The summed E-state index contributed by atoms with van der Waals surface area (Å²) >= 11 is 3.62. The summed E-state index contributed by atoms with van der Waals surface area (Å²) in [6, 6.07) is 7.67. The fourth-order valence-electron chi connectivity index (χ4n) is 3.47. The molecule has 10 heteroatoms. The molecule has 1 aromatic carbocycles. The van der Waals surface area contributed by atoms with E-state index in [0.29, 0.717) is 34.4 Å². The van der Waals surface area contributed by atoms with Gasteiger partial charge in [0.2, 0.25) is 0 Å². The van der Waals surface area contributed by atoms with Gasteiger partial charge in [0.05, 0.1) is 41.8 Å². The second-order valence-electron chi connectivity index (χ2n) is 7.14. The average Bonchev–Trinajstić information content (AvgIpc) is 3.18. The molecule has 0 unspecified atom stereocenters. The Balaban J connectivity index is 1.60. The van der Waals surface area contributed by atoms with Crippen LogP contribution in [0, 0.1) is 17.2 Å². The number of anilines is 2. The summed E-state index contributed by atoms with van der Waals surface area (Å²) in [6.07, 6.45) is 5.20. The lowest BCUT2D eigenvalue weighted by Crippen LogP contribution is -2.33. The first-order chi connectivity index (χ1) is 15.2. The summed E-state index contributed by atoms with van der Waals surface area (Å²) in [5.74, 6) is 2.87. The van der Waals surface area contributed by atoms with Gasteiger partial charge in [-0.05, 0) is 47.4 Å². The average molecular weight is 484 g/mol. The van der Waals surface area contributed by atoms with Gasteiger partial charge in [-0.2, -0.15) is 10.4 Å². The van der Waals surface area contributed by atoms with Gasteiger partial charge in [-0.1, -0.05) is 6.07 Å². The summed E-state index contributed by atoms with van der Waals surface area (Å²) in [5, 5.41) is 22.8. The molecule has 3 heterocycles. The molecule has 0 amide bonds. The topological polar surface area (TPSA) is 121 Å². The molecule has 160 valence electrons. The highest BCUT2D eigenvalue weighted by molar-refractivity contribution is 9.10. The second kappa shape index (κ2) is 9.76. The summed E-state index contributed by atoms with van der Waals surface area (Å²) in [4.78, 5) is 8.19. The SMILES string of the molecule is COc1cccc(OC[C@H]2CCCNC2)c1-c1[nH]nc(Nc2cnc(C#N)cn2)c1Br. The van der Waals surface area contributed by atoms with Crippen LogP contribution < -0.4 is 20.1 Å². The number of ether oxygens (including phenoxy) is 2. The number of nitrogens with zero attached hydrogens (tertiary/aromatic N) is 4. The molecule has 0 bridgehead atoms. The van der Waals surface area contributed by atoms with Gasteiger partial charge < -0.3 is 20.1 Å². The second-order valence-corrected chi connectivity index (χ2v) is 7.93. The van der Waals surface area contributed by atoms with Crippen LogP contribution in [0.5, 0.6) is 11.5 Å². The maximum absolute atomic E-state index is 8.87. The Morgan fingerprint density at radius 3 is 2.87 bits per heavy atom. The lowest BCUT2D eigenvalue weighted by Gasteiger charge is -2.23. The van der Waals surface area contributed by atoms with E-state index in [1.807, 2.05) is 24.3 Å². The lowest BCUT2D eigenvalue weighted by atomic mass is 10.0. The maximum Gasteiger partial charge on any atom is 0.168 e. The fraction of sp³-hybridized carbons (Fsp3) is 0.333. The number of benzene rings is 1. The number of methoxy groups -OCH3 is 1. The van der Waals surface area contributed by atoms with Crippen molar-refractivity contribution < 1.29 is 9.47 Å². The van der Waals surface area contributed by atoms with Gasteiger partial charge in [0.1, 0.15) is 23.4 Å². The van der Waals surface area contributed by atoms with Crippen molar-refractivity contribution in [3.63, 3.8) is 0 Å². The van der Waals surface area contributed by atoms with E-state index in [1.165, 1.54) is 18.8 Å². The van der Waals surface area contributed by atoms with Crippen molar-refractivity contribution in [2.24, 2.45) is 5.92 Å². The Hall–Kier alpha value is -3.16. The van der Waals surface area contributed by atoms with Gasteiger partial charge in [-0.25, -0.2) is 9.97 Å². The minimum absolute atomic E-state index is 0.247. The number of halogens is 1. The van der Waals surface area contributed by atoms with E-state index in [4.69, 9.17) is 14.7 Å². The van der Waals surface area contributed by atoms with Crippen LogP contribution in [0.1, 0.15) is 18.5 Å². The lowest BCUT2D eigenvalue weighted by molar-refractivity contribution is 0.218. The van der Waals surface area contributed by atoms with Crippen molar-refractivity contribution in [2.45, 2.75) is 12.8 Å². The van der Waals surface area contributed by atoms with Gasteiger partial charge in [0.15, 0.2) is 11.5 Å². The molecule has 31 heavy (non-hydrogen) atoms. The minimum atomic E-state index is 0.247. The van der Waals surface area contributed by atoms with Crippen molar-refractivity contribution in [2.75, 3.05) is 32.1 Å². The first-order valence-electron chi connectivity index (χ1n) is 9.93. The summed E-state index contributed by atoms with van der Waals surface area (Å²) < 4.78 is 12.5. The highest BCUT2D eigenvalue weighted by Crippen LogP contribution is 2.43. The van der Waals surface area contributed by atoms with Gasteiger partial charge in [0.25, 0.3) is 0 Å². The van der Waals surface area contributed by atoms with E-state index >= 15 is 0 Å². The zero-order chi connectivity index (χ0) is 21.6. The first-order valence-corrected chi connectivity index (χ1v) is 10.7. The molecular weight excluding hydrogens is 462 g/mol. The Kier molecular flexibility index (Phi) is 6.64. The van der Waals surface area contributed by atoms with E-state index in [-0.39, 0.29) is 5.69 Å². The molecule has 0 saturated carbocycles. The van der Waals surface area contributed by atoms with Crippen molar-refractivity contribution in [1.82, 2.24) is 25.5 Å². The number of aromatic amines is 1. The van der Waals surface area contributed by atoms with Crippen LogP contribution in [0.4, 0.5) is 11.6 Å². The Morgan fingerprint density at radius 2 is 2.16 bits per heavy atom. The molecule has 1 aliphatic rings. The zero-order valence-electron chi connectivity index (χ0n) is 17.0. The maximum atomic E-state index is 8.87. The quantitative estimate of drug-likeness (QED) is 0.465. The molecular formula is C21H22BrN7O2. The standard InChI is InChI=1S/C21H22BrN7O2/c1-30-15-5-2-6-16(31-12-13-4-3-7-24-9-13)18(15)20-19(22)21(29-28-20)27-17-11-25-14(8-23)10-26-17/h2,5-6,10-11,13,24H,3-4,7,9,12H2,1H3,(H2,26,27,28,29)/t13-/m0/s1. The van der Waals surface area contributed by atoms with Crippen LogP contribution in [-0.2, 0) is 0 Å². The van der Waals surface area contributed by atoms with E-state index in [0.717, 1.165) is 36.5 Å². The normalized spacial score (nSPS) is 15.8. The number of hydrogen-bond acceptors (Lipinski definition) is 8. The van der Waals surface area contributed by atoms with E-state index in [9.17, 15) is 0 Å². The van der Waals surface area contributed by atoms with Crippen molar-refractivity contribution in [1.29, 1.82) is 5.26 Å². The molecule has 9 nitrogen and oxygen atoms in total. The van der Waals surface area contributed by atoms with E-state index in [2.05, 4.69) is 46.7 Å². The highest BCUT2D eigenvalue weighted by atomic mass is 79.9. The Labute approximate surface area is 188 Å². The smallest absolute Gasteiger partial charge is 0.168 e. The predicted octanol–water partition coefficient (Wildman–Crippen LogP) is 3.63. The van der Waals surface area contributed by atoms with Gasteiger partial charge >= 0.3 is 0 Å². The first kappa shape index (κ1) is 21.1. The third kappa shape index (κ3) is 4.78.